The van der Waals surface area contributed by atoms with Crippen LogP contribution in [0.3, 0.4) is 0 Å². The number of hydrogen-bond acceptors (Lipinski definition) is 6. The molecule has 2 amide bonds. The molecule has 1 N–H and O–H groups in total. The van der Waals surface area contributed by atoms with E-state index in [9.17, 15) is 9.59 Å². The van der Waals surface area contributed by atoms with Gasteiger partial charge in [-0.05, 0) is 48.0 Å². The summed E-state index contributed by atoms with van der Waals surface area (Å²) >= 11 is 5.98. The number of carbonyl (C=O) groups is 2. The van der Waals surface area contributed by atoms with Crippen molar-refractivity contribution in [1.82, 2.24) is 0 Å². The van der Waals surface area contributed by atoms with Gasteiger partial charge in [-0.2, -0.15) is 0 Å². The van der Waals surface area contributed by atoms with Crippen molar-refractivity contribution in [3.63, 3.8) is 0 Å². The third kappa shape index (κ3) is 4.72. The molecule has 0 saturated heterocycles. The number of anilines is 2. The summed E-state index contributed by atoms with van der Waals surface area (Å²) in [5.74, 6) is 1.11. The number of halogens is 1. The van der Waals surface area contributed by atoms with Gasteiger partial charge in [-0.1, -0.05) is 23.7 Å². The molecule has 0 saturated carbocycles. The molecule has 0 spiro atoms. The summed E-state index contributed by atoms with van der Waals surface area (Å²) < 4.78 is 21.6. The van der Waals surface area contributed by atoms with E-state index >= 15 is 0 Å². The van der Waals surface area contributed by atoms with E-state index in [1.165, 1.54) is 21.3 Å². The van der Waals surface area contributed by atoms with Crippen molar-refractivity contribution in [1.29, 1.82) is 0 Å². The number of benzene rings is 3. The second-order valence-electron chi connectivity index (χ2n) is 7.45. The Labute approximate surface area is 201 Å². The zero-order chi connectivity index (χ0) is 24.2. The van der Waals surface area contributed by atoms with E-state index in [1.54, 1.807) is 47.4 Å². The number of hydrogen-bond donors (Lipinski definition) is 1. The molecule has 0 radical (unpaired) electrons. The van der Waals surface area contributed by atoms with Crippen molar-refractivity contribution in [3.05, 3.63) is 70.7 Å². The van der Waals surface area contributed by atoms with Crippen molar-refractivity contribution in [2.45, 2.75) is 6.54 Å². The summed E-state index contributed by atoms with van der Waals surface area (Å²) in [6.07, 6.45) is 0. The molecule has 0 bridgehead atoms. The van der Waals surface area contributed by atoms with Gasteiger partial charge >= 0.3 is 0 Å². The van der Waals surface area contributed by atoms with Crippen LogP contribution in [0.5, 0.6) is 23.0 Å². The van der Waals surface area contributed by atoms with Gasteiger partial charge in [0.05, 0.1) is 33.6 Å². The molecule has 34 heavy (non-hydrogen) atoms. The van der Waals surface area contributed by atoms with Crippen molar-refractivity contribution >= 4 is 34.8 Å². The van der Waals surface area contributed by atoms with E-state index in [4.69, 9.17) is 30.5 Å². The first kappa shape index (κ1) is 23.3. The van der Waals surface area contributed by atoms with Gasteiger partial charge in [0.1, 0.15) is 5.75 Å². The Kier molecular flexibility index (Phi) is 6.79. The van der Waals surface area contributed by atoms with Crippen LogP contribution in [0.15, 0.2) is 54.6 Å². The van der Waals surface area contributed by atoms with E-state index in [-0.39, 0.29) is 18.4 Å². The summed E-state index contributed by atoms with van der Waals surface area (Å²) in [4.78, 5) is 27.3. The van der Waals surface area contributed by atoms with Crippen molar-refractivity contribution < 1.29 is 28.5 Å². The maximum Gasteiger partial charge on any atom is 0.265 e. The molecule has 0 unspecified atom stereocenters. The molecular formula is C25H23ClN2O6. The number of carbonyl (C=O) groups excluding carboxylic acids is 2. The first-order valence-electron chi connectivity index (χ1n) is 10.4. The Morgan fingerprint density at radius 1 is 1.00 bits per heavy atom. The maximum atomic E-state index is 13.0. The lowest BCUT2D eigenvalue weighted by Gasteiger charge is -2.30. The monoisotopic (exact) mass is 482 g/mol. The van der Waals surface area contributed by atoms with Crippen molar-refractivity contribution in [2.75, 3.05) is 38.2 Å². The van der Waals surface area contributed by atoms with Crippen molar-refractivity contribution in [3.8, 4) is 23.0 Å². The van der Waals surface area contributed by atoms with Crippen LogP contribution >= 0.6 is 11.6 Å². The largest absolute Gasteiger partial charge is 0.493 e. The van der Waals surface area contributed by atoms with Crippen LogP contribution in [0.4, 0.5) is 11.4 Å². The fourth-order valence-electron chi connectivity index (χ4n) is 3.64. The molecule has 1 aliphatic rings. The summed E-state index contributed by atoms with van der Waals surface area (Å²) in [5.41, 5.74) is 2.29. The summed E-state index contributed by atoms with van der Waals surface area (Å²) in [6, 6.07) is 15.5. The first-order valence-corrected chi connectivity index (χ1v) is 10.7. The van der Waals surface area contributed by atoms with Crippen molar-refractivity contribution in [2.24, 2.45) is 0 Å². The number of methoxy groups -OCH3 is 3. The van der Waals surface area contributed by atoms with Crippen LogP contribution in [0.25, 0.3) is 0 Å². The highest BCUT2D eigenvalue weighted by Crippen LogP contribution is 2.39. The molecule has 4 rings (SSSR count). The molecule has 0 fully saturated rings. The van der Waals surface area contributed by atoms with Crippen LogP contribution in [-0.2, 0) is 11.3 Å². The number of ether oxygens (including phenoxy) is 4. The minimum atomic E-state index is -0.383. The smallest absolute Gasteiger partial charge is 0.265 e. The van der Waals surface area contributed by atoms with Crippen LogP contribution in [0, 0.1) is 0 Å². The van der Waals surface area contributed by atoms with Gasteiger partial charge in [-0.3, -0.25) is 9.59 Å². The standard InChI is InChI=1S/C25H23ClN2O6/c1-31-21-10-16(11-22(32-2)24(21)33-3)25(30)27-18-8-9-20-19(12-18)28(23(29)14-34-20)13-15-4-6-17(26)7-5-15/h4-12H,13-14H2,1-3H3,(H,27,30). The fourth-order valence-corrected chi connectivity index (χ4v) is 3.77. The highest BCUT2D eigenvalue weighted by Gasteiger charge is 2.26. The van der Waals surface area contributed by atoms with E-state index < -0.39 is 0 Å². The lowest BCUT2D eigenvalue weighted by atomic mass is 10.1. The highest BCUT2D eigenvalue weighted by molar-refractivity contribution is 6.30. The Bertz CT molecular complexity index is 1200. The second-order valence-corrected chi connectivity index (χ2v) is 7.88. The highest BCUT2D eigenvalue weighted by atomic mass is 35.5. The summed E-state index contributed by atoms with van der Waals surface area (Å²) in [7, 11) is 4.45. The summed E-state index contributed by atoms with van der Waals surface area (Å²) in [5, 5.41) is 3.47. The molecule has 3 aromatic rings. The number of nitrogens with zero attached hydrogens (tertiary/aromatic N) is 1. The topological polar surface area (TPSA) is 86.3 Å². The maximum absolute atomic E-state index is 13.0. The number of nitrogens with one attached hydrogen (secondary N) is 1. The Morgan fingerprint density at radius 3 is 2.29 bits per heavy atom. The third-order valence-corrected chi connectivity index (χ3v) is 5.59. The zero-order valence-corrected chi connectivity index (χ0v) is 19.6. The Hall–Kier alpha value is -3.91. The van der Waals surface area contributed by atoms with E-state index in [1.807, 2.05) is 12.1 Å². The van der Waals surface area contributed by atoms with Gasteiger partial charge in [0.2, 0.25) is 5.75 Å². The number of fused-ring (bicyclic) bond motifs is 1. The SMILES string of the molecule is COc1cc(C(=O)Nc2ccc3c(c2)N(Cc2ccc(Cl)cc2)C(=O)CO3)cc(OC)c1OC. The fraction of sp³-hybridized carbons (Fsp3) is 0.200. The molecule has 1 aliphatic heterocycles. The van der Waals surface area contributed by atoms with Gasteiger partial charge in [-0.15, -0.1) is 0 Å². The lowest BCUT2D eigenvalue weighted by Crippen LogP contribution is -2.38. The van der Waals surface area contributed by atoms with Crippen LogP contribution in [0.2, 0.25) is 5.02 Å². The molecule has 3 aromatic carbocycles. The predicted molar refractivity (Wildman–Crippen MR) is 129 cm³/mol. The lowest BCUT2D eigenvalue weighted by molar-refractivity contribution is -0.121. The molecule has 0 aromatic heterocycles. The summed E-state index contributed by atoms with van der Waals surface area (Å²) in [6.45, 7) is 0.286. The van der Waals surface area contributed by atoms with E-state index in [2.05, 4.69) is 5.32 Å². The molecule has 0 aliphatic carbocycles. The first-order chi connectivity index (χ1) is 16.4. The quantitative estimate of drug-likeness (QED) is 0.532. The Balaban J connectivity index is 1.61. The third-order valence-electron chi connectivity index (χ3n) is 5.34. The van der Waals surface area contributed by atoms with Crippen LogP contribution in [-0.4, -0.2) is 39.8 Å². The van der Waals surface area contributed by atoms with Gasteiger partial charge in [0, 0.05) is 16.3 Å². The van der Waals surface area contributed by atoms with Crippen LogP contribution in [0.1, 0.15) is 15.9 Å². The predicted octanol–water partition coefficient (Wildman–Crippen LogP) is 4.54. The van der Waals surface area contributed by atoms with Crippen LogP contribution < -0.4 is 29.2 Å². The zero-order valence-electron chi connectivity index (χ0n) is 18.9. The number of amides is 2. The average molecular weight is 483 g/mol. The molecule has 1 heterocycles. The molecule has 9 heteroatoms. The van der Waals surface area contributed by atoms with E-state index in [0.29, 0.717) is 51.5 Å². The van der Waals surface area contributed by atoms with Gasteiger partial charge in [0.15, 0.2) is 18.1 Å². The van der Waals surface area contributed by atoms with Gasteiger partial charge in [0.25, 0.3) is 11.8 Å². The normalized spacial score (nSPS) is 12.5. The molecule has 0 atom stereocenters. The minimum Gasteiger partial charge on any atom is -0.493 e. The Morgan fingerprint density at radius 2 is 1.68 bits per heavy atom. The molecular weight excluding hydrogens is 460 g/mol. The average Bonchev–Trinajstić information content (AvgIpc) is 2.86. The van der Waals surface area contributed by atoms with Gasteiger partial charge < -0.3 is 29.2 Å². The number of rotatable bonds is 7. The minimum absolute atomic E-state index is 0.0578. The van der Waals surface area contributed by atoms with E-state index in [0.717, 1.165) is 5.56 Å². The van der Waals surface area contributed by atoms with Gasteiger partial charge in [-0.25, -0.2) is 0 Å². The molecule has 8 nitrogen and oxygen atoms in total. The molecule has 176 valence electrons. The second kappa shape index (κ2) is 9.93.